The highest BCUT2D eigenvalue weighted by Gasteiger charge is 2.32. The Balaban J connectivity index is 1.41. The number of carbonyl (C=O) groups excluding carboxylic acids is 1. The molecule has 0 radical (unpaired) electrons. The average molecular weight is 645 g/mol. The molecule has 1 aromatic carbocycles. The van der Waals surface area contributed by atoms with E-state index < -0.39 is 11.9 Å². The van der Waals surface area contributed by atoms with Gasteiger partial charge in [-0.05, 0) is 32.5 Å². The Morgan fingerprint density at radius 1 is 1.20 bits per heavy atom. The molecule has 0 N–H and O–H groups in total. The Labute approximate surface area is 271 Å². The number of amides is 1. The van der Waals surface area contributed by atoms with Crippen molar-refractivity contribution in [1.29, 1.82) is 5.26 Å². The van der Waals surface area contributed by atoms with Gasteiger partial charge in [-0.3, -0.25) is 14.8 Å². The zero-order valence-electron chi connectivity index (χ0n) is 25.7. The fourth-order valence-corrected chi connectivity index (χ4v) is 6.49. The van der Waals surface area contributed by atoms with Crippen molar-refractivity contribution in [2.45, 2.75) is 31.3 Å². The first-order chi connectivity index (χ1) is 22.4. The lowest BCUT2D eigenvalue weighted by atomic mass is 10.0. The molecule has 2 aliphatic rings. The van der Waals surface area contributed by atoms with Crippen LogP contribution in [0.4, 0.5) is 10.2 Å². The number of likely N-dealkylation sites (N-methyl/N-ethyl adjacent to an activating group) is 1. The van der Waals surface area contributed by atoms with Gasteiger partial charge >= 0.3 is 6.01 Å². The van der Waals surface area contributed by atoms with Gasteiger partial charge in [0.2, 0.25) is 5.91 Å². The minimum absolute atomic E-state index is 0.0470. The summed E-state index contributed by atoms with van der Waals surface area (Å²) < 4.78 is 27.8. The number of carbonyl (C=O) groups is 1. The molecule has 2 fully saturated rings. The zero-order valence-corrected chi connectivity index (χ0v) is 26.5. The van der Waals surface area contributed by atoms with Crippen LogP contribution in [0.1, 0.15) is 19.3 Å². The molecule has 0 bridgehead atoms. The van der Waals surface area contributed by atoms with Gasteiger partial charge < -0.3 is 24.2 Å². The van der Waals surface area contributed by atoms with Crippen LogP contribution < -0.4 is 9.64 Å². The summed E-state index contributed by atoms with van der Waals surface area (Å²) >= 11 is 6.56. The fraction of sp³-hybridized carbons (Fsp3) is 0.394. The van der Waals surface area contributed by atoms with Gasteiger partial charge in [-0.15, -0.1) is 0 Å². The molecule has 1 amide bonds. The van der Waals surface area contributed by atoms with Gasteiger partial charge in [-0.1, -0.05) is 29.8 Å². The highest BCUT2D eigenvalue weighted by atomic mass is 35.5. The average Bonchev–Trinajstić information content (AvgIpc) is 3.48. The first-order valence-corrected chi connectivity index (χ1v) is 15.6. The van der Waals surface area contributed by atoms with Crippen molar-refractivity contribution in [3.63, 3.8) is 0 Å². The molecule has 3 aromatic heterocycles. The van der Waals surface area contributed by atoms with E-state index in [0.29, 0.717) is 60.0 Å². The number of nitriles is 1. The third-order valence-corrected chi connectivity index (χ3v) is 8.94. The van der Waals surface area contributed by atoms with E-state index in [1.807, 2.05) is 17.0 Å². The third-order valence-electron chi connectivity index (χ3n) is 8.62. The Bertz CT molecular complexity index is 1830. The van der Waals surface area contributed by atoms with Crippen LogP contribution in [0, 0.1) is 17.1 Å². The number of anilines is 1. The number of piperazine rings is 1. The molecule has 2 aliphatic heterocycles. The molecular weight excluding hydrogens is 611 g/mol. The van der Waals surface area contributed by atoms with Crippen LogP contribution in [0.25, 0.3) is 32.9 Å². The minimum atomic E-state index is -0.649. The van der Waals surface area contributed by atoms with Gasteiger partial charge in [0.05, 0.1) is 30.5 Å². The molecule has 6 rings (SSSR count). The molecule has 0 spiro atoms. The molecule has 4 aromatic rings. The first kappa shape index (κ1) is 31.5. The number of nitrogens with zero attached hydrogens (tertiary/aromatic N) is 8. The summed E-state index contributed by atoms with van der Waals surface area (Å²) in [7, 11) is 3.60. The topological polar surface area (TPSA) is 121 Å². The highest BCUT2D eigenvalue weighted by Crippen LogP contribution is 2.37. The first-order valence-electron chi connectivity index (χ1n) is 15.2. The fourth-order valence-electron chi connectivity index (χ4n) is 6.20. The second-order valence-electron chi connectivity index (χ2n) is 11.5. The van der Waals surface area contributed by atoms with Crippen LogP contribution >= 0.6 is 11.6 Å². The van der Waals surface area contributed by atoms with Crippen LogP contribution in [0.2, 0.25) is 5.02 Å². The third kappa shape index (κ3) is 6.31. The van der Waals surface area contributed by atoms with Gasteiger partial charge in [0.15, 0.2) is 5.82 Å². The molecule has 0 saturated carbocycles. The number of halogens is 2. The molecule has 2 saturated heterocycles. The summed E-state index contributed by atoms with van der Waals surface area (Å²) in [5.74, 6) is -0.422. The van der Waals surface area contributed by atoms with Crippen molar-refractivity contribution in [3.8, 4) is 23.3 Å². The maximum absolute atomic E-state index is 16.6. The van der Waals surface area contributed by atoms with Crippen molar-refractivity contribution in [2.75, 3.05) is 58.5 Å². The molecule has 46 heavy (non-hydrogen) atoms. The molecule has 11 nitrogen and oxygen atoms in total. The lowest BCUT2D eigenvalue weighted by Crippen LogP contribution is -2.55. The summed E-state index contributed by atoms with van der Waals surface area (Å²) in [6.45, 7) is 2.69. The number of benzene rings is 1. The van der Waals surface area contributed by atoms with E-state index in [0.717, 1.165) is 24.8 Å². The Morgan fingerprint density at radius 2 is 2.07 bits per heavy atom. The standard InChI is InChI=1S/C33H34ClFN8O3/c1-41-12-4-7-23(41)20-46-33-39-31-25(18-38-30(29(31)35)24-17-37-16-21-6-3-8-26(34)28(21)24)32(40-33)42-13-14-43(22(19-42)10-11-36)27(44)9-5-15-45-2/h3,5-6,8-9,16-18,22-23H,4,7,10,12-15,19-20H2,1-2H3/b9-5+/t22-,23-/m0/s1. The van der Waals surface area contributed by atoms with Crippen LogP contribution in [0.15, 0.2) is 48.9 Å². The molecule has 0 aliphatic carbocycles. The van der Waals surface area contributed by atoms with E-state index >= 15 is 4.39 Å². The van der Waals surface area contributed by atoms with Crippen molar-refractivity contribution in [2.24, 2.45) is 0 Å². The molecule has 13 heteroatoms. The van der Waals surface area contributed by atoms with E-state index in [2.05, 4.69) is 33.0 Å². The van der Waals surface area contributed by atoms with Crippen molar-refractivity contribution in [1.82, 2.24) is 29.7 Å². The highest BCUT2D eigenvalue weighted by molar-refractivity contribution is 6.36. The molecular formula is C33H34ClFN8O3. The van der Waals surface area contributed by atoms with Gasteiger partial charge in [-0.2, -0.15) is 15.2 Å². The summed E-state index contributed by atoms with van der Waals surface area (Å²) in [5.41, 5.74) is 0.553. The Kier molecular flexibility index (Phi) is 9.53. The van der Waals surface area contributed by atoms with E-state index in [1.165, 1.54) is 6.08 Å². The van der Waals surface area contributed by atoms with E-state index in [4.69, 9.17) is 26.1 Å². The van der Waals surface area contributed by atoms with Gasteiger partial charge in [-0.25, -0.2) is 4.39 Å². The van der Waals surface area contributed by atoms with Gasteiger partial charge in [0, 0.05) is 78.8 Å². The summed E-state index contributed by atoms with van der Waals surface area (Å²) in [6.07, 6.45) is 10.1. The van der Waals surface area contributed by atoms with Crippen molar-refractivity contribution >= 4 is 45.0 Å². The number of ether oxygens (including phenoxy) is 2. The molecule has 0 unspecified atom stereocenters. The second-order valence-corrected chi connectivity index (χ2v) is 11.9. The number of pyridine rings is 2. The van der Waals surface area contributed by atoms with E-state index in [1.54, 1.807) is 42.7 Å². The lowest BCUT2D eigenvalue weighted by Gasteiger charge is -2.41. The van der Waals surface area contributed by atoms with Crippen molar-refractivity contribution < 1.29 is 18.7 Å². The predicted octanol–water partition coefficient (Wildman–Crippen LogP) is 4.64. The van der Waals surface area contributed by atoms with Crippen LogP contribution in [-0.2, 0) is 9.53 Å². The van der Waals surface area contributed by atoms with Crippen molar-refractivity contribution in [3.05, 3.63) is 59.8 Å². The smallest absolute Gasteiger partial charge is 0.319 e. The number of methoxy groups -OCH3 is 1. The second kappa shape index (κ2) is 13.9. The summed E-state index contributed by atoms with van der Waals surface area (Å²) in [5, 5.41) is 11.8. The molecule has 2 atom stereocenters. The SMILES string of the molecule is COC/C=C/C(=O)N1CCN(c2nc(OC[C@@H]3CCCN3C)nc3c(F)c(-c4cncc5cccc(Cl)c45)ncc23)C[C@@H]1CC#N. The number of aromatic nitrogens is 4. The predicted molar refractivity (Wildman–Crippen MR) is 173 cm³/mol. The van der Waals surface area contributed by atoms with E-state index in [9.17, 15) is 10.1 Å². The largest absolute Gasteiger partial charge is 0.462 e. The lowest BCUT2D eigenvalue weighted by molar-refractivity contribution is -0.128. The monoisotopic (exact) mass is 644 g/mol. The maximum atomic E-state index is 16.6. The van der Waals surface area contributed by atoms with E-state index in [-0.39, 0.29) is 35.6 Å². The Morgan fingerprint density at radius 3 is 2.85 bits per heavy atom. The van der Waals surface area contributed by atoms with Crippen LogP contribution in [0.3, 0.4) is 0 Å². The number of hydrogen-bond acceptors (Lipinski definition) is 10. The zero-order chi connectivity index (χ0) is 32.2. The summed E-state index contributed by atoms with van der Waals surface area (Å²) in [4.78, 5) is 37.0. The van der Waals surface area contributed by atoms with Crippen LogP contribution in [0.5, 0.6) is 6.01 Å². The quantitative estimate of drug-likeness (QED) is 0.238. The van der Waals surface area contributed by atoms with Gasteiger partial charge in [0.25, 0.3) is 0 Å². The maximum Gasteiger partial charge on any atom is 0.319 e. The minimum Gasteiger partial charge on any atom is -0.462 e. The number of likely N-dealkylation sites (tertiary alicyclic amines) is 1. The number of rotatable bonds is 9. The van der Waals surface area contributed by atoms with Gasteiger partial charge in [0.1, 0.15) is 23.6 Å². The number of fused-ring (bicyclic) bond motifs is 2. The summed E-state index contributed by atoms with van der Waals surface area (Å²) in [6, 6.07) is 7.45. The normalized spacial score (nSPS) is 18.9. The molecule has 238 valence electrons. The molecule has 5 heterocycles. The Hall–Kier alpha value is -4.44. The number of hydrogen-bond donors (Lipinski definition) is 0. The van der Waals surface area contributed by atoms with Crippen LogP contribution in [-0.4, -0.2) is 101 Å².